The van der Waals surface area contributed by atoms with Gasteiger partial charge in [0.1, 0.15) is 0 Å². The summed E-state index contributed by atoms with van der Waals surface area (Å²) in [5.41, 5.74) is 1.14. The Morgan fingerprint density at radius 2 is 1.94 bits per heavy atom. The number of hydrogen-bond acceptors (Lipinski definition) is 2. The number of nitrogens with zero attached hydrogens (tertiary/aromatic N) is 1. The highest BCUT2D eigenvalue weighted by Gasteiger charge is 2.42. The number of aliphatic hydroxyl groups excluding tert-OH is 1. The van der Waals surface area contributed by atoms with E-state index >= 15 is 0 Å². The van der Waals surface area contributed by atoms with Gasteiger partial charge < -0.3 is 10.0 Å². The van der Waals surface area contributed by atoms with Crippen LogP contribution in [0.25, 0.3) is 0 Å². The van der Waals surface area contributed by atoms with Crippen molar-refractivity contribution < 1.29 is 9.90 Å². The number of carbonyl (C=O) groups is 1. The molecule has 0 aromatic heterocycles. The van der Waals surface area contributed by atoms with Gasteiger partial charge in [0.15, 0.2) is 0 Å². The average Bonchev–Trinajstić information content (AvgIpc) is 2.27. The minimum atomic E-state index is -0.535. The summed E-state index contributed by atoms with van der Waals surface area (Å²) in [6, 6.07) is 10.1. The van der Waals surface area contributed by atoms with Crippen LogP contribution >= 0.6 is 0 Å². The lowest BCUT2D eigenvalue weighted by Gasteiger charge is -2.43. The molecule has 0 saturated carbocycles. The van der Waals surface area contributed by atoms with Crippen molar-refractivity contribution in [2.24, 2.45) is 5.92 Å². The highest BCUT2D eigenvalue weighted by atomic mass is 16.3. The van der Waals surface area contributed by atoms with Crippen molar-refractivity contribution in [1.29, 1.82) is 0 Å². The lowest BCUT2D eigenvalue weighted by atomic mass is 9.90. The molecule has 3 atom stereocenters. The van der Waals surface area contributed by atoms with Crippen molar-refractivity contribution in [2.45, 2.75) is 26.0 Å². The third-order valence-electron chi connectivity index (χ3n) is 3.33. The second-order valence-corrected chi connectivity index (χ2v) is 4.42. The Kier molecular flexibility index (Phi) is 2.97. The Labute approximate surface area is 95.7 Å². The number of β-lactam (4-membered cyclic amide) rings is 1. The number of benzene rings is 1. The molecule has 0 radical (unpaired) electrons. The summed E-state index contributed by atoms with van der Waals surface area (Å²) in [6.07, 6.45) is -0.535. The van der Waals surface area contributed by atoms with Gasteiger partial charge in [-0.05, 0) is 19.4 Å². The molecule has 1 aliphatic rings. The summed E-state index contributed by atoms with van der Waals surface area (Å²) < 4.78 is 0. The fraction of sp³-hybridized carbons (Fsp3) is 0.462. The van der Waals surface area contributed by atoms with Gasteiger partial charge in [0.05, 0.1) is 18.1 Å². The molecule has 1 aromatic carbocycles. The fourth-order valence-electron chi connectivity index (χ4n) is 2.10. The van der Waals surface area contributed by atoms with Crippen LogP contribution in [0.1, 0.15) is 25.5 Å². The van der Waals surface area contributed by atoms with Gasteiger partial charge in [-0.2, -0.15) is 0 Å². The molecule has 3 heteroatoms. The molecule has 0 aliphatic carbocycles. The molecular weight excluding hydrogens is 202 g/mol. The Morgan fingerprint density at radius 1 is 1.31 bits per heavy atom. The second-order valence-electron chi connectivity index (χ2n) is 4.42. The molecule has 0 bridgehead atoms. The van der Waals surface area contributed by atoms with Crippen LogP contribution in [0, 0.1) is 5.92 Å². The van der Waals surface area contributed by atoms with Crippen molar-refractivity contribution in [3.63, 3.8) is 0 Å². The molecule has 1 aromatic rings. The first-order valence-corrected chi connectivity index (χ1v) is 5.64. The van der Waals surface area contributed by atoms with E-state index in [-0.39, 0.29) is 17.9 Å². The van der Waals surface area contributed by atoms with Crippen molar-refractivity contribution in [3.8, 4) is 0 Å². The second kappa shape index (κ2) is 4.26. The smallest absolute Gasteiger partial charge is 0.230 e. The number of carbonyl (C=O) groups excluding carboxylic acids is 1. The van der Waals surface area contributed by atoms with Crippen molar-refractivity contribution in [2.75, 3.05) is 6.54 Å². The molecule has 1 saturated heterocycles. The summed E-state index contributed by atoms with van der Waals surface area (Å²) in [6.45, 7) is 4.35. The Bertz CT molecular complexity index is 375. The predicted octanol–water partition coefficient (Wildman–Crippen LogP) is 1.59. The first-order valence-electron chi connectivity index (χ1n) is 5.64. The first kappa shape index (κ1) is 11.1. The standard InChI is InChI=1S/C13H17NO2/c1-9(11-6-4-3-5-7-11)14-8-12(10(2)15)13(14)16/h3-7,9-10,12,15H,8H2,1-2H3/t9-,10?,12?/m0/s1. The maximum Gasteiger partial charge on any atom is 0.230 e. The predicted molar refractivity (Wildman–Crippen MR) is 61.7 cm³/mol. The van der Waals surface area contributed by atoms with Gasteiger partial charge in [0.2, 0.25) is 5.91 Å². The van der Waals surface area contributed by atoms with E-state index < -0.39 is 6.10 Å². The van der Waals surface area contributed by atoms with E-state index in [1.54, 1.807) is 6.92 Å². The highest BCUT2D eigenvalue weighted by molar-refractivity contribution is 5.85. The van der Waals surface area contributed by atoms with E-state index in [0.717, 1.165) is 5.56 Å². The van der Waals surface area contributed by atoms with Crippen LogP contribution in [0.15, 0.2) is 30.3 Å². The normalized spacial score (nSPS) is 23.8. The molecule has 1 N–H and O–H groups in total. The summed E-state index contributed by atoms with van der Waals surface area (Å²) in [4.78, 5) is 13.6. The number of likely N-dealkylation sites (tertiary alicyclic amines) is 1. The number of hydrogen-bond donors (Lipinski definition) is 1. The van der Waals surface area contributed by atoms with Crippen LogP contribution in [0.2, 0.25) is 0 Å². The number of aliphatic hydroxyl groups is 1. The van der Waals surface area contributed by atoms with E-state index in [1.165, 1.54) is 0 Å². The van der Waals surface area contributed by atoms with Crippen LogP contribution in [0.4, 0.5) is 0 Å². The highest BCUT2D eigenvalue weighted by Crippen LogP contribution is 2.30. The minimum absolute atomic E-state index is 0.0614. The van der Waals surface area contributed by atoms with Gasteiger partial charge in [-0.15, -0.1) is 0 Å². The summed E-state index contributed by atoms with van der Waals surface area (Å²) in [7, 11) is 0. The van der Waals surface area contributed by atoms with Crippen LogP contribution in [0.3, 0.4) is 0 Å². The SMILES string of the molecule is CC(O)C1CN([C@@H](C)c2ccccc2)C1=O. The molecule has 86 valence electrons. The number of amides is 1. The lowest BCUT2D eigenvalue weighted by Crippen LogP contribution is -2.56. The third kappa shape index (κ3) is 1.83. The van der Waals surface area contributed by atoms with Gasteiger partial charge in [-0.1, -0.05) is 30.3 Å². The van der Waals surface area contributed by atoms with Crippen LogP contribution in [-0.2, 0) is 4.79 Å². The quantitative estimate of drug-likeness (QED) is 0.784. The van der Waals surface area contributed by atoms with Crippen LogP contribution in [0.5, 0.6) is 0 Å². The number of rotatable bonds is 3. The molecular formula is C13H17NO2. The Balaban J connectivity index is 2.04. The molecule has 16 heavy (non-hydrogen) atoms. The molecule has 2 unspecified atom stereocenters. The van der Waals surface area contributed by atoms with E-state index in [1.807, 2.05) is 42.2 Å². The summed E-state index contributed by atoms with van der Waals surface area (Å²) in [5, 5.41) is 9.37. The molecule has 1 amide bonds. The van der Waals surface area contributed by atoms with E-state index in [0.29, 0.717) is 6.54 Å². The van der Waals surface area contributed by atoms with Gasteiger partial charge in [0, 0.05) is 6.54 Å². The molecule has 1 aliphatic heterocycles. The fourth-order valence-corrected chi connectivity index (χ4v) is 2.10. The topological polar surface area (TPSA) is 40.5 Å². The van der Waals surface area contributed by atoms with Gasteiger partial charge in [0.25, 0.3) is 0 Å². The zero-order valence-electron chi connectivity index (χ0n) is 9.63. The zero-order valence-corrected chi connectivity index (χ0v) is 9.63. The molecule has 1 fully saturated rings. The first-order chi connectivity index (χ1) is 7.61. The van der Waals surface area contributed by atoms with Crippen LogP contribution < -0.4 is 0 Å². The monoisotopic (exact) mass is 219 g/mol. The largest absolute Gasteiger partial charge is 0.393 e. The lowest BCUT2D eigenvalue weighted by molar-refractivity contribution is -0.157. The van der Waals surface area contributed by atoms with Crippen molar-refractivity contribution in [1.82, 2.24) is 4.90 Å². The maximum atomic E-state index is 11.8. The van der Waals surface area contributed by atoms with Gasteiger partial charge >= 0.3 is 0 Å². The summed E-state index contributed by atoms with van der Waals surface area (Å²) >= 11 is 0. The molecule has 1 heterocycles. The van der Waals surface area contributed by atoms with E-state index in [2.05, 4.69) is 0 Å². The Morgan fingerprint density at radius 3 is 2.44 bits per heavy atom. The minimum Gasteiger partial charge on any atom is -0.393 e. The molecule has 2 rings (SSSR count). The molecule has 0 spiro atoms. The van der Waals surface area contributed by atoms with Crippen molar-refractivity contribution in [3.05, 3.63) is 35.9 Å². The third-order valence-corrected chi connectivity index (χ3v) is 3.33. The van der Waals surface area contributed by atoms with E-state index in [4.69, 9.17) is 0 Å². The van der Waals surface area contributed by atoms with E-state index in [9.17, 15) is 9.90 Å². The maximum absolute atomic E-state index is 11.8. The Hall–Kier alpha value is -1.35. The summed E-state index contributed by atoms with van der Waals surface area (Å²) in [5.74, 6) is -0.141. The van der Waals surface area contributed by atoms with Gasteiger partial charge in [-0.25, -0.2) is 0 Å². The van der Waals surface area contributed by atoms with Gasteiger partial charge in [-0.3, -0.25) is 4.79 Å². The van der Waals surface area contributed by atoms with Crippen molar-refractivity contribution >= 4 is 5.91 Å². The average molecular weight is 219 g/mol. The molecule has 3 nitrogen and oxygen atoms in total. The van der Waals surface area contributed by atoms with Crippen LogP contribution in [-0.4, -0.2) is 28.6 Å². The zero-order chi connectivity index (χ0) is 11.7.